The van der Waals surface area contributed by atoms with Crippen LogP contribution >= 0.6 is 0 Å². The Morgan fingerprint density at radius 2 is 1.58 bits per heavy atom. The van der Waals surface area contributed by atoms with Crippen LogP contribution in [0.3, 0.4) is 0 Å². The normalized spacial score (nSPS) is 13.2. The molecule has 94 valence electrons. The van der Waals surface area contributed by atoms with Gasteiger partial charge < -0.3 is 15.1 Å². The number of phenolic OH excluding ortho intramolecular Hbond substituents is 2. The Labute approximate surface area is 111 Å². The van der Waals surface area contributed by atoms with Gasteiger partial charge in [0, 0.05) is 23.5 Å². The monoisotopic (exact) mass is 251 g/mol. The van der Waals surface area contributed by atoms with E-state index in [1.54, 1.807) is 12.1 Å². The highest BCUT2D eigenvalue weighted by atomic mass is 16.3. The number of anilines is 2. The van der Waals surface area contributed by atoms with Gasteiger partial charge in [-0.15, -0.1) is 0 Å². The second kappa shape index (κ2) is 4.53. The van der Waals surface area contributed by atoms with Crippen LogP contribution < -0.4 is 4.90 Å². The molecule has 0 saturated heterocycles. The van der Waals surface area contributed by atoms with E-state index in [4.69, 9.17) is 0 Å². The van der Waals surface area contributed by atoms with E-state index >= 15 is 0 Å². The van der Waals surface area contributed by atoms with Crippen LogP contribution in [0.25, 0.3) is 6.08 Å². The minimum absolute atomic E-state index is 0.113. The Kier molecular flexibility index (Phi) is 2.72. The van der Waals surface area contributed by atoms with Crippen LogP contribution in [0.5, 0.6) is 11.5 Å². The molecule has 3 heteroatoms. The molecule has 2 aromatic rings. The lowest BCUT2D eigenvalue weighted by Crippen LogP contribution is -2.08. The van der Waals surface area contributed by atoms with Gasteiger partial charge in [0.25, 0.3) is 0 Å². The maximum atomic E-state index is 9.71. The van der Waals surface area contributed by atoms with Gasteiger partial charge in [-0.3, -0.25) is 0 Å². The Morgan fingerprint density at radius 1 is 0.842 bits per heavy atom. The zero-order valence-electron chi connectivity index (χ0n) is 10.2. The number of aromatic hydroxyl groups is 2. The highest BCUT2D eigenvalue weighted by Gasteiger charge is 2.14. The second-order valence-electron chi connectivity index (χ2n) is 4.31. The van der Waals surface area contributed by atoms with Crippen LogP contribution in [0.4, 0.5) is 11.4 Å². The third-order valence-corrected chi connectivity index (χ3v) is 3.04. The second-order valence-corrected chi connectivity index (χ2v) is 4.31. The largest absolute Gasteiger partial charge is 0.504 e. The molecule has 0 atom stereocenters. The summed E-state index contributed by atoms with van der Waals surface area (Å²) in [6.07, 6.45) is 7.64. The molecule has 1 aliphatic rings. The molecule has 2 N–H and O–H groups in total. The fourth-order valence-corrected chi connectivity index (χ4v) is 2.11. The summed E-state index contributed by atoms with van der Waals surface area (Å²) >= 11 is 0. The number of nitrogens with zero attached hydrogens (tertiary/aromatic N) is 1. The molecule has 2 aromatic carbocycles. The summed E-state index contributed by atoms with van der Waals surface area (Å²) in [5, 5.41) is 19.3. The van der Waals surface area contributed by atoms with E-state index in [0.717, 1.165) is 16.9 Å². The number of para-hydroxylation sites is 1. The highest BCUT2D eigenvalue weighted by Crippen LogP contribution is 2.38. The molecule has 0 spiro atoms. The van der Waals surface area contributed by atoms with Gasteiger partial charge in [-0.05, 0) is 24.3 Å². The molecule has 0 bridgehead atoms. The van der Waals surface area contributed by atoms with Crippen molar-refractivity contribution >= 4 is 17.5 Å². The van der Waals surface area contributed by atoms with Crippen molar-refractivity contribution in [1.29, 1.82) is 0 Å². The molecule has 3 rings (SSSR count). The average molecular weight is 251 g/mol. The summed E-state index contributed by atoms with van der Waals surface area (Å²) in [4.78, 5) is 1.97. The first-order valence-corrected chi connectivity index (χ1v) is 6.01. The van der Waals surface area contributed by atoms with E-state index in [0.29, 0.717) is 0 Å². The molecule has 0 saturated carbocycles. The highest BCUT2D eigenvalue weighted by molar-refractivity contribution is 5.80. The lowest BCUT2D eigenvalue weighted by molar-refractivity contribution is 0.404. The van der Waals surface area contributed by atoms with E-state index < -0.39 is 0 Å². The van der Waals surface area contributed by atoms with Gasteiger partial charge in [0.15, 0.2) is 11.5 Å². The zero-order valence-corrected chi connectivity index (χ0v) is 10.2. The average Bonchev–Trinajstić information content (AvgIpc) is 2.63. The van der Waals surface area contributed by atoms with Crippen molar-refractivity contribution in [3.8, 4) is 11.5 Å². The lowest BCUT2D eigenvalue weighted by atomic mass is 10.1. The Hall–Kier alpha value is -2.68. The SMILES string of the molecule is Oc1cc2c(cc1O)N(c1ccccc1)C=CC=C2. The maximum absolute atomic E-state index is 9.71. The lowest BCUT2D eigenvalue weighted by Gasteiger charge is -2.22. The minimum Gasteiger partial charge on any atom is -0.504 e. The topological polar surface area (TPSA) is 43.7 Å². The van der Waals surface area contributed by atoms with Crippen molar-refractivity contribution in [2.45, 2.75) is 0 Å². The van der Waals surface area contributed by atoms with Gasteiger partial charge in [-0.25, -0.2) is 0 Å². The quantitative estimate of drug-likeness (QED) is 0.758. The summed E-state index contributed by atoms with van der Waals surface area (Å²) in [5.74, 6) is -0.235. The van der Waals surface area contributed by atoms with Gasteiger partial charge >= 0.3 is 0 Å². The minimum atomic E-state index is -0.122. The molecular weight excluding hydrogens is 238 g/mol. The number of benzene rings is 2. The predicted molar refractivity (Wildman–Crippen MR) is 76.5 cm³/mol. The molecule has 0 radical (unpaired) electrons. The number of fused-ring (bicyclic) bond motifs is 1. The number of hydrogen-bond acceptors (Lipinski definition) is 3. The molecule has 0 aromatic heterocycles. The van der Waals surface area contributed by atoms with Crippen molar-refractivity contribution in [3.63, 3.8) is 0 Å². The van der Waals surface area contributed by atoms with E-state index in [2.05, 4.69) is 0 Å². The van der Waals surface area contributed by atoms with Crippen LogP contribution in [0, 0.1) is 0 Å². The summed E-state index contributed by atoms with van der Waals surface area (Å²) < 4.78 is 0. The maximum Gasteiger partial charge on any atom is 0.159 e. The molecule has 3 nitrogen and oxygen atoms in total. The molecule has 0 amide bonds. The van der Waals surface area contributed by atoms with Crippen LogP contribution in [-0.4, -0.2) is 10.2 Å². The van der Waals surface area contributed by atoms with Gasteiger partial charge in [0.2, 0.25) is 0 Å². The molecular formula is C16H13NO2. The fourth-order valence-electron chi connectivity index (χ4n) is 2.11. The first-order valence-electron chi connectivity index (χ1n) is 6.01. The molecule has 19 heavy (non-hydrogen) atoms. The van der Waals surface area contributed by atoms with Crippen molar-refractivity contribution in [1.82, 2.24) is 0 Å². The van der Waals surface area contributed by atoms with E-state index in [1.807, 2.05) is 59.7 Å². The van der Waals surface area contributed by atoms with Crippen molar-refractivity contribution in [2.24, 2.45) is 0 Å². The fraction of sp³-hybridized carbons (Fsp3) is 0. The predicted octanol–water partition coefficient (Wildman–Crippen LogP) is 3.78. The third-order valence-electron chi connectivity index (χ3n) is 3.04. The number of hydrogen-bond donors (Lipinski definition) is 2. The Balaban J connectivity index is 2.18. The zero-order chi connectivity index (χ0) is 13.2. The first kappa shape index (κ1) is 11.4. The van der Waals surface area contributed by atoms with Crippen molar-refractivity contribution in [3.05, 3.63) is 66.4 Å². The van der Waals surface area contributed by atoms with Gasteiger partial charge in [0.1, 0.15) is 0 Å². The van der Waals surface area contributed by atoms with Crippen molar-refractivity contribution in [2.75, 3.05) is 4.90 Å². The number of allylic oxidation sites excluding steroid dienone is 2. The molecule has 0 fully saturated rings. The molecule has 0 unspecified atom stereocenters. The standard InChI is InChI=1S/C16H13NO2/c18-15-10-12-6-4-5-9-17(14(12)11-16(15)19)13-7-2-1-3-8-13/h1-11,18-19H. The van der Waals surface area contributed by atoms with Gasteiger partial charge in [-0.1, -0.05) is 30.4 Å². The third kappa shape index (κ3) is 2.06. The van der Waals surface area contributed by atoms with Gasteiger partial charge in [-0.2, -0.15) is 0 Å². The molecule has 0 aliphatic carbocycles. The summed E-state index contributed by atoms with van der Waals surface area (Å²) in [7, 11) is 0. The van der Waals surface area contributed by atoms with E-state index in [9.17, 15) is 10.2 Å². The van der Waals surface area contributed by atoms with Crippen LogP contribution in [0.1, 0.15) is 5.56 Å². The summed E-state index contributed by atoms with van der Waals surface area (Å²) in [6, 6.07) is 13.0. The van der Waals surface area contributed by atoms with Crippen molar-refractivity contribution < 1.29 is 10.2 Å². The van der Waals surface area contributed by atoms with E-state index in [1.165, 1.54) is 0 Å². The smallest absolute Gasteiger partial charge is 0.159 e. The van der Waals surface area contributed by atoms with Gasteiger partial charge in [0.05, 0.1) is 5.69 Å². The Morgan fingerprint density at radius 3 is 2.37 bits per heavy atom. The summed E-state index contributed by atoms with van der Waals surface area (Å²) in [5.41, 5.74) is 2.67. The Bertz CT molecular complexity index is 660. The number of phenols is 2. The van der Waals surface area contributed by atoms with E-state index in [-0.39, 0.29) is 11.5 Å². The molecule has 1 aliphatic heterocycles. The first-order chi connectivity index (χ1) is 9.25. The summed E-state index contributed by atoms with van der Waals surface area (Å²) in [6.45, 7) is 0. The number of rotatable bonds is 1. The molecule has 1 heterocycles. The van der Waals surface area contributed by atoms with Crippen LogP contribution in [0.2, 0.25) is 0 Å². The van der Waals surface area contributed by atoms with Crippen LogP contribution in [-0.2, 0) is 0 Å². The van der Waals surface area contributed by atoms with Crippen LogP contribution in [0.15, 0.2) is 60.8 Å².